The highest BCUT2D eigenvalue weighted by Gasteiger charge is 2.26. The highest BCUT2D eigenvalue weighted by molar-refractivity contribution is 7.85. The van der Waals surface area contributed by atoms with Crippen LogP contribution in [0.25, 0.3) is 5.69 Å². The molecule has 1 aromatic heterocycles. The van der Waals surface area contributed by atoms with Gasteiger partial charge in [-0.2, -0.15) is 9.78 Å². The zero-order valence-electron chi connectivity index (χ0n) is 14.2. The van der Waals surface area contributed by atoms with Gasteiger partial charge >= 0.3 is 0 Å². The fraction of sp³-hybridized carbons (Fsp3) is 0.444. The average molecular weight is 380 g/mol. The average Bonchev–Trinajstić information content (AvgIpc) is 2.66. The molecule has 3 unspecified atom stereocenters. The molecule has 0 aliphatic heterocycles. The number of nitrogens with zero attached hydrogens (tertiary/aromatic N) is 2. The molecule has 1 aliphatic rings. The molecule has 1 aliphatic carbocycles. The second-order valence-electron chi connectivity index (χ2n) is 6.22. The predicted molar refractivity (Wildman–Crippen MR) is 103 cm³/mol. The summed E-state index contributed by atoms with van der Waals surface area (Å²) in [6, 6.07) is 9.36. The first kappa shape index (κ1) is 18.1. The topological polar surface area (TPSA) is 64.0 Å². The van der Waals surface area contributed by atoms with Crippen LogP contribution in [0.3, 0.4) is 0 Å². The van der Waals surface area contributed by atoms with Crippen LogP contribution in [-0.2, 0) is 10.8 Å². The summed E-state index contributed by atoms with van der Waals surface area (Å²) in [6.07, 6.45) is 5.44. The van der Waals surface area contributed by atoms with E-state index in [0.29, 0.717) is 17.1 Å². The Hall–Kier alpha value is -1.66. The van der Waals surface area contributed by atoms with Crippen molar-refractivity contribution in [1.29, 1.82) is 0 Å². The van der Waals surface area contributed by atoms with Crippen LogP contribution < -0.4 is 10.9 Å². The van der Waals surface area contributed by atoms with Crippen molar-refractivity contribution >= 4 is 28.1 Å². The van der Waals surface area contributed by atoms with Gasteiger partial charge in [-0.05, 0) is 31.4 Å². The number of halogens is 1. The lowest BCUT2D eigenvalue weighted by Gasteiger charge is -2.29. The van der Waals surface area contributed by atoms with Crippen molar-refractivity contribution in [2.24, 2.45) is 0 Å². The molecule has 0 saturated heterocycles. The van der Waals surface area contributed by atoms with Gasteiger partial charge in [0.2, 0.25) is 0 Å². The van der Waals surface area contributed by atoms with Gasteiger partial charge in [0.25, 0.3) is 5.56 Å². The van der Waals surface area contributed by atoms with E-state index >= 15 is 0 Å². The molecule has 1 heterocycles. The summed E-state index contributed by atoms with van der Waals surface area (Å²) in [5.74, 6) is 0.687. The van der Waals surface area contributed by atoms with E-state index in [-0.39, 0.29) is 21.9 Å². The quantitative estimate of drug-likeness (QED) is 0.864. The summed E-state index contributed by atoms with van der Waals surface area (Å²) in [6.45, 7) is 1.96. The van der Waals surface area contributed by atoms with Crippen molar-refractivity contribution in [2.75, 3.05) is 11.1 Å². The third kappa shape index (κ3) is 4.12. The Balaban J connectivity index is 1.79. The van der Waals surface area contributed by atoms with Gasteiger partial charge in [-0.3, -0.25) is 9.00 Å². The van der Waals surface area contributed by atoms with E-state index in [1.165, 1.54) is 4.68 Å². The standard InChI is InChI=1S/C18H22ClN3O2S/c1-2-25(24)15-10-6-7-13(11-15)21-16-12-20-22(18(23)17(16)19)14-8-4-3-5-9-14/h3-5,8-9,12-13,15,21H,2,6-7,10-11H2,1H3. The lowest BCUT2D eigenvalue weighted by Crippen LogP contribution is -2.34. The zero-order chi connectivity index (χ0) is 17.8. The van der Waals surface area contributed by atoms with Crippen LogP contribution in [0.2, 0.25) is 5.02 Å². The number of nitrogens with one attached hydrogen (secondary N) is 1. The fourth-order valence-corrected chi connectivity index (χ4v) is 4.79. The zero-order valence-corrected chi connectivity index (χ0v) is 15.7. The highest BCUT2D eigenvalue weighted by Crippen LogP contribution is 2.27. The van der Waals surface area contributed by atoms with Gasteiger partial charge in [-0.25, -0.2) is 0 Å². The Bertz CT molecular complexity index is 810. The number of hydrogen-bond donors (Lipinski definition) is 1. The first-order valence-corrected chi connectivity index (χ1v) is 10.3. The molecule has 1 N–H and O–H groups in total. The van der Waals surface area contributed by atoms with E-state index in [9.17, 15) is 9.00 Å². The molecule has 0 bridgehead atoms. The maximum absolute atomic E-state index is 12.5. The van der Waals surface area contributed by atoms with Crippen LogP contribution in [0.15, 0.2) is 41.3 Å². The van der Waals surface area contributed by atoms with Crippen LogP contribution >= 0.6 is 11.6 Å². The molecular formula is C18H22ClN3O2S. The van der Waals surface area contributed by atoms with E-state index in [0.717, 1.165) is 25.7 Å². The largest absolute Gasteiger partial charge is 0.380 e. The van der Waals surface area contributed by atoms with Crippen molar-refractivity contribution in [3.63, 3.8) is 0 Å². The lowest BCUT2D eigenvalue weighted by molar-refractivity contribution is 0.465. The van der Waals surface area contributed by atoms with Gasteiger partial charge in [0, 0.05) is 27.8 Å². The van der Waals surface area contributed by atoms with Crippen LogP contribution in [0, 0.1) is 0 Å². The molecule has 0 radical (unpaired) electrons. The van der Waals surface area contributed by atoms with Gasteiger partial charge in [0.15, 0.2) is 0 Å². The lowest BCUT2D eigenvalue weighted by atomic mass is 9.95. The molecule has 5 nitrogen and oxygen atoms in total. The van der Waals surface area contributed by atoms with E-state index in [2.05, 4.69) is 10.4 Å². The Kier molecular flexibility index (Phi) is 5.91. The molecule has 3 rings (SSSR count). The maximum Gasteiger partial charge on any atom is 0.292 e. The number of rotatable bonds is 5. The first-order valence-electron chi connectivity index (χ1n) is 8.57. The van der Waals surface area contributed by atoms with Crippen LogP contribution in [0.1, 0.15) is 32.6 Å². The predicted octanol–water partition coefficient (Wildman–Crippen LogP) is 3.38. The van der Waals surface area contributed by atoms with E-state index in [1.807, 2.05) is 37.3 Å². The van der Waals surface area contributed by atoms with Gasteiger partial charge in [-0.1, -0.05) is 43.1 Å². The molecule has 25 heavy (non-hydrogen) atoms. The first-order chi connectivity index (χ1) is 12.1. The second-order valence-corrected chi connectivity index (χ2v) is 8.61. The molecule has 0 spiro atoms. The molecule has 0 amide bonds. The SMILES string of the molecule is CCS(=O)C1CCCC(Nc2cnn(-c3ccccc3)c(=O)c2Cl)C1. The van der Waals surface area contributed by atoms with Crippen LogP contribution in [0.5, 0.6) is 0 Å². The van der Waals surface area contributed by atoms with E-state index in [4.69, 9.17) is 11.6 Å². The summed E-state index contributed by atoms with van der Waals surface area (Å²) in [5.41, 5.74) is 0.881. The van der Waals surface area contributed by atoms with Crippen molar-refractivity contribution in [3.8, 4) is 5.69 Å². The number of aromatic nitrogens is 2. The highest BCUT2D eigenvalue weighted by atomic mass is 35.5. The van der Waals surface area contributed by atoms with Crippen molar-refractivity contribution in [3.05, 3.63) is 51.9 Å². The molecule has 2 aromatic rings. The molecule has 1 saturated carbocycles. The fourth-order valence-electron chi connectivity index (χ4n) is 3.26. The van der Waals surface area contributed by atoms with Crippen LogP contribution in [0.4, 0.5) is 5.69 Å². The Morgan fingerprint density at radius 3 is 2.80 bits per heavy atom. The van der Waals surface area contributed by atoms with Gasteiger partial charge in [-0.15, -0.1) is 0 Å². The number of para-hydroxylation sites is 1. The minimum absolute atomic E-state index is 0.137. The Labute approximate surface area is 154 Å². The molecule has 134 valence electrons. The van der Waals surface area contributed by atoms with E-state index in [1.54, 1.807) is 6.20 Å². The van der Waals surface area contributed by atoms with Crippen LogP contribution in [-0.4, -0.2) is 31.0 Å². The third-order valence-electron chi connectivity index (χ3n) is 4.56. The monoisotopic (exact) mass is 379 g/mol. The van der Waals surface area contributed by atoms with Crippen molar-refractivity contribution in [2.45, 2.75) is 43.9 Å². The van der Waals surface area contributed by atoms with Crippen molar-refractivity contribution in [1.82, 2.24) is 9.78 Å². The number of hydrogen-bond acceptors (Lipinski definition) is 4. The van der Waals surface area contributed by atoms with Gasteiger partial charge < -0.3 is 5.32 Å². The summed E-state index contributed by atoms with van der Waals surface area (Å²) >= 11 is 6.30. The molecular weight excluding hydrogens is 358 g/mol. The number of benzene rings is 1. The molecule has 1 fully saturated rings. The Morgan fingerprint density at radius 2 is 2.08 bits per heavy atom. The smallest absolute Gasteiger partial charge is 0.292 e. The number of anilines is 1. The second kappa shape index (κ2) is 8.15. The summed E-state index contributed by atoms with van der Waals surface area (Å²) in [4.78, 5) is 12.5. The maximum atomic E-state index is 12.5. The minimum atomic E-state index is -0.785. The molecule has 3 atom stereocenters. The minimum Gasteiger partial charge on any atom is -0.380 e. The molecule has 1 aromatic carbocycles. The normalized spacial score (nSPS) is 21.7. The third-order valence-corrected chi connectivity index (χ3v) is 6.67. The van der Waals surface area contributed by atoms with Gasteiger partial charge in [0.1, 0.15) is 5.02 Å². The van der Waals surface area contributed by atoms with E-state index < -0.39 is 10.8 Å². The summed E-state index contributed by atoms with van der Waals surface area (Å²) in [5, 5.41) is 7.93. The summed E-state index contributed by atoms with van der Waals surface area (Å²) in [7, 11) is -0.785. The molecule has 7 heteroatoms. The van der Waals surface area contributed by atoms with Crippen molar-refractivity contribution < 1.29 is 4.21 Å². The Morgan fingerprint density at radius 1 is 1.32 bits per heavy atom. The van der Waals surface area contributed by atoms with Gasteiger partial charge in [0.05, 0.1) is 17.6 Å². The summed E-state index contributed by atoms with van der Waals surface area (Å²) < 4.78 is 13.4.